The lowest BCUT2D eigenvalue weighted by atomic mass is 10.2. The first-order valence-corrected chi connectivity index (χ1v) is 12.2. The monoisotopic (exact) mass is 499 g/mol. The molecular weight excluding hydrogens is 474 g/mol. The lowest BCUT2D eigenvalue weighted by Gasteiger charge is -2.22. The number of carbonyl (C=O) groups excluding carboxylic acids is 2. The molecule has 1 fully saturated rings. The smallest absolute Gasteiger partial charge is 0.312 e. The van der Waals surface area contributed by atoms with Gasteiger partial charge in [-0.3, -0.25) is 14.7 Å². The molecule has 3 amide bonds. The number of nitrogens with zero attached hydrogens (tertiary/aromatic N) is 3. The zero-order valence-electron chi connectivity index (χ0n) is 19.8. The highest BCUT2D eigenvalue weighted by Gasteiger charge is 2.34. The third kappa shape index (κ3) is 5.58. The maximum absolute atomic E-state index is 13.2. The van der Waals surface area contributed by atoms with E-state index >= 15 is 0 Å². The second kappa shape index (κ2) is 10.3. The van der Waals surface area contributed by atoms with E-state index in [2.05, 4.69) is 10.6 Å². The minimum Gasteiger partial charge on any atom is -0.312 e. The van der Waals surface area contributed by atoms with Gasteiger partial charge in [0.15, 0.2) is 0 Å². The molecule has 0 bridgehead atoms. The van der Waals surface area contributed by atoms with Crippen molar-refractivity contribution in [2.75, 3.05) is 17.2 Å². The van der Waals surface area contributed by atoms with Crippen LogP contribution in [0.3, 0.4) is 0 Å². The van der Waals surface area contributed by atoms with E-state index in [1.54, 1.807) is 29.2 Å². The molecular formula is C28H26ClN5O2. The molecule has 1 aliphatic rings. The summed E-state index contributed by atoms with van der Waals surface area (Å²) in [6.07, 6.45) is 3.64. The number of amides is 3. The zero-order valence-corrected chi connectivity index (χ0v) is 20.6. The molecule has 4 aromatic rings. The van der Waals surface area contributed by atoms with Crippen LogP contribution in [0, 0.1) is 6.92 Å². The average Bonchev–Trinajstić information content (AvgIpc) is 3.62. The van der Waals surface area contributed by atoms with Crippen LogP contribution in [0.2, 0.25) is 5.02 Å². The Hall–Kier alpha value is -4.10. The first kappa shape index (κ1) is 23.6. The molecule has 0 saturated heterocycles. The van der Waals surface area contributed by atoms with Crippen molar-refractivity contribution >= 4 is 35.2 Å². The minimum atomic E-state index is -0.332. The van der Waals surface area contributed by atoms with Gasteiger partial charge in [0.1, 0.15) is 6.54 Å². The highest BCUT2D eigenvalue weighted by molar-refractivity contribution is 6.30. The molecule has 0 aliphatic heterocycles. The molecule has 0 atom stereocenters. The van der Waals surface area contributed by atoms with E-state index in [9.17, 15) is 9.59 Å². The summed E-state index contributed by atoms with van der Waals surface area (Å²) in [4.78, 5) is 32.4. The summed E-state index contributed by atoms with van der Waals surface area (Å²) in [6.45, 7) is 1.93. The van der Waals surface area contributed by atoms with E-state index in [1.807, 2.05) is 72.3 Å². The number of aromatic nitrogens is 2. The molecule has 182 valence electrons. The van der Waals surface area contributed by atoms with Crippen molar-refractivity contribution in [3.05, 3.63) is 95.6 Å². The molecule has 5 rings (SSSR count). The van der Waals surface area contributed by atoms with E-state index in [0.717, 1.165) is 35.3 Å². The summed E-state index contributed by atoms with van der Waals surface area (Å²) in [5.74, 6) is 0.0812. The molecule has 36 heavy (non-hydrogen) atoms. The van der Waals surface area contributed by atoms with Gasteiger partial charge in [0.25, 0.3) is 0 Å². The summed E-state index contributed by atoms with van der Waals surface area (Å²) in [5, 5.41) is 6.30. The Morgan fingerprint density at radius 2 is 1.78 bits per heavy atom. The number of halogens is 1. The number of imidazole rings is 1. The zero-order chi connectivity index (χ0) is 25.1. The van der Waals surface area contributed by atoms with Crippen LogP contribution in [0.5, 0.6) is 0 Å². The Bertz CT molecular complexity index is 1400. The fourth-order valence-corrected chi connectivity index (χ4v) is 4.21. The van der Waals surface area contributed by atoms with Gasteiger partial charge in [0.2, 0.25) is 11.9 Å². The van der Waals surface area contributed by atoms with Gasteiger partial charge in [0, 0.05) is 34.2 Å². The number of aryl methyl sites for hydroxylation is 1. The average molecular weight is 500 g/mol. The highest BCUT2D eigenvalue weighted by atomic mass is 35.5. The van der Waals surface area contributed by atoms with Crippen molar-refractivity contribution in [1.82, 2.24) is 14.5 Å². The second-order valence-electron chi connectivity index (χ2n) is 8.87. The molecule has 7 nitrogen and oxygen atoms in total. The fraction of sp³-hybridized carbons (Fsp3) is 0.179. The van der Waals surface area contributed by atoms with Crippen LogP contribution in [-0.4, -0.2) is 39.0 Å². The number of benzene rings is 3. The number of hydrogen-bond donors (Lipinski definition) is 2. The maximum Gasteiger partial charge on any atom is 0.322 e. The number of rotatable bonds is 7. The molecule has 1 saturated carbocycles. The molecule has 2 N–H and O–H groups in total. The van der Waals surface area contributed by atoms with Crippen LogP contribution in [-0.2, 0) is 4.79 Å². The number of carbonyl (C=O) groups is 2. The summed E-state index contributed by atoms with van der Waals surface area (Å²) in [7, 11) is 0. The lowest BCUT2D eigenvalue weighted by molar-refractivity contribution is -0.116. The van der Waals surface area contributed by atoms with E-state index in [4.69, 9.17) is 16.6 Å². The molecule has 1 heterocycles. The third-order valence-corrected chi connectivity index (χ3v) is 6.18. The van der Waals surface area contributed by atoms with Gasteiger partial charge in [-0.15, -0.1) is 0 Å². The highest BCUT2D eigenvalue weighted by Crippen LogP contribution is 2.28. The minimum absolute atomic E-state index is 0.0336. The van der Waals surface area contributed by atoms with Crippen LogP contribution in [0.25, 0.3) is 16.9 Å². The molecule has 0 radical (unpaired) electrons. The first-order valence-electron chi connectivity index (χ1n) is 11.8. The van der Waals surface area contributed by atoms with E-state index in [-0.39, 0.29) is 24.5 Å². The maximum atomic E-state index is 13.2. The van der Waals surface area contributed by atoms with Crippen molar-refractivity contribution in [2.45, 2.75) is 25.8 Å². The van der Waals surface area contributed by atoms with E-state index in [1.165, 1.54) is 0 Å². The Balaban J connectivity index is 1.37. The molecule has 0 unspecified atom stereocenters. The van der Waals surface area contributed by atoms with Gasteiger partial charge in [0.05, 0.1) is 5.69 Å². The number of nitrogens with one attached hydrogen (secondary N) is 2. The molecule has 3 aromatic carbocycles. The van der Waals surface area contributed by atoms with Gasteiger partial charge >= 0.3 is 6.03 Å². The van der Waals surface area contributed by atoms with Crippen molar-refractivity contribution in [2.24, 2.45) is 0 Å². The van der Waals surface area contributed by atoms with E-state index in [0.29, 0.717) is 16.7 Å². The molecule has 0 spiro atoms. The fourth-order valence-electron chi connectivity index (χ4n) is 4.02. The van der Waals surface area contributed by atoms with Crippen LogP contribution in [0.1, 0.15) is 18.4 Å². The lowest BCUT2D eigenvalue weighted by Crippen LogP contribution is -2.42. The molecule has 1 aliphatic carbocycles. The number of urea groups is 1. The summed E-state index contributed by atoms with van der Waals surface area (Å²) >= 11 is 6.04. The van der Waals surface area contributed by atoms with Gasteiger partial charge < -0.3 is 10.2 Å². The van der Waals surface area contributed by atoms with Crippen molar-refractivity contribution in [3.8, 4) is 16.9 Å². The van der Waals surface area contributed by atoms with Crippen LogP contribution >= 0.6 is 11.6 Å². The number of hydrogen-bond acceptors (Lipinski definition) is 3. The molecule has 8 heteroatoms. The van der Waals surface area contributed by atoms with Crippen LogP contribution in [0.15, 0.2) is 85.1 Å². The Morgan fingerprint density at radius 3 is 2.50 bits per heavy atom. The van der Waals surface area contributed by atoms with Gasteiger partial charge in [-0.05, 0) is 55.7 Å². The first-order chi connectivity index (χ1) is 17.5. The Kier molecular flexibility index (Phi) is 6.73. The summed E-state index contributed by atoms with van der Waals surface area (Å²) in [5.41, 5.74) is 4.25. The number of anilines is 2. The summed E-state index contributed by atoms with van der Waals surface area (Å²) in [6, 6.07) is 24.4. The predicted octanol–water partition coefficient (Wildman–Crippen LogP) is 6.14. The van der Waals surface area contributed by atoms with Crippen LogP contribution in [0.4, 0.5) is 16.4 Å². The molecule has 1 aromatic heterocycles. The summed E-state index contributed by atoms with van der Waals surface area (Å²) < 4.78 is 1.86. The van der Waals surface area contributed by atoms with Crippen LogP contribution < -0.4 is 10.6 Å². The quantitative estimate of drug-likeness (QED) is 0.320. The van der Waals surface area contributed by atoms with Crippen molar-refractivity contribution in [1.29, 1.82) is 0 Å². The Labute approximate surface area is 214 Å². The second-order valence-corrected chi connectivity index (χ2v) is 9.31. The topological polar surface area (TPSA) is 79.3 Å². The van der Waals surface area contributed by atoms with E-state index < -0.39 is 0 Å². The Morgan fingerprint density at radius 1 is 1.00 bits per heavy atom. The van der Waals surface area contributed by atoms with Gasteiger partial charge in [-0.2, -0.15) is 0 Å². The SMILES string of the molecule is Cc1cccc(-n2cc(-c3ccccc3)nc2NC(=O)CN(C(=O)Nc2cccc(Cl)c2)C2CC2)c1. The predicted molar refractivity (Wildman–Crippen MR) is 143 cm³/mol. The normalized spacial score (nSPS) is 12.7. The van der Waals surface area contributed by atoms with Gasteiger partial charge in [-0.25, -0.2) is 9.78 Å². The van der Waals surface area contributed by atoms with Crippen molar-refractivity contribution < 1.29 is 9.59 Å². The van der Waals surface area contributed by atoms with Crippen molar-refractivity contribution in [3.63, 3.8) is 0 Å². The largest absolute Gasteiger partial charge is 0.322 e. The third-order valence-electron chi connectivity index (χ3n) is 5.94. The standard InChI is InChI=1S/C28H26ClN5O2/c1-19-7-5-12-24(15-19)33-17-25(20-8-3-2-4-9-20)31-27(33)32-26(35)18-34(23-13-14-23)28(36)30-22-11-6-10-21(29)16-22/h2-12,15-17,23H,13-14,18H2,1H3,(H,30,36)(H,31,32,35). The van der Waals surface area contributed by atoms with Gasteiger partial charge in [-0.1, -0.05) is 60.1 Å².